The van der Waals surface area contributed by atoms with Crippen LogP contribution in [0.4, 0.5) is 6.01 Å². The minimum absolute atomic E-state index is 0.198. The maximum atomic E-state index is 6.19. The topological polar surface area (TPSA) is 38.5 Å². The van der Waals surface area contributed by atoms with E-state index in [-0.39, 0.29) is 5.04 Å². The molecule has 1 heterocycles. The molecule has 0 bridgehead atoms. The van der Waals surface area contributed by atoms with Crippen molar-refractivity contribution < 1.29 is 8.84 Å². The SMILES string of the molecule is CN(Cc1ccccc1)c1nc(CO[Si](C)(C)C(C)(C)C)co1. The number of hydrogen-bond acceptors (Lipinski definition) is 4. The summed E-state index contributed by atoms with van der Waals surface area (Å²) in [5.41, 5.74) is 2.08. The number of nitrogens with zero attached hydrogens (tertiary/aromatic N) is 2. The van der Waals surface area contributed by atoms with Crippen LogP contribution in [0, 0.1) is 0 Å². The average molecular weight is 333 g/mol. The van der Waals surface area contributed by atoms with Gasteiger partial charge in [-0.05, 0) is 23.7 Å². The average Bonchev–Trinajstić information content (AvgIpc) is 2.94. The highest BCUT2D eigenvalue weighted by molar-refractivity contribution is 6.74. The van der Waals surface area contributed by atoms with Crippen LogP contribution in [-0.4, -0.2) is 20.3 Å². The fourth-order valence-corrected chi connectivity index (χ4v) is 2.88. The molecule has 1 aromatic carbocycles. The number of rotatable bonds is 6. The summed E-state index contributed by atoms with van der Waals surface area (Å²) in [7, 11) is 0.222. The van der Waals surface area contributed by atoms with Gasteiger partial charge in [0.15, 0.2) is 8.32 Å². The summed E-state index contributed by atoms with van der Waals surface area (Å²) < 4.78 is 11.8. The number of benzene rings is 1. The van der Waals surface area contributed by atoms with Crippen LogP contribution in [-0.2, 0) is 17.6 Å². The Morgan fingerprint density at radius 2 is 1.83 bits per heavy atom. The van der Waals surface area contributed by atoms with Crippen LogP contribution in [0.15, 0.2) is 41.0 Å². The molecule has 0 saturated carbocycles. The fourth-order valence-electron chi connectivity index (χ4n) is 1.93. The quantitative estimate of drug-likeness (QED) is 0.710. The van der Waals surface area contributed by atoms with Crippen molar-refractivity contribution in [1.29, 1.82) is 0 Å². The zero-order valence-corrected chi connectivity index (χ0v) is 16.1. The lowest BCUT2D eigenvalue weighted by Crippen LogP contribution is -2.40. The van der Waals surface area contributed by atoms with Crippen LogP contribution in [0.1, 0.15) is 32.0 Å². The molecule has 0 amide bonds. The van der Waals surface area contributed by atoms with Crippen molar-refractivity contribution in [1.82, 2.24) is 4.98 Å². The summed E-state index contributed by atoms with van der Waals surface area (Å²) in [6.45, 7) is 12.5. The van der Waals surface area contributed by atoms with Crippen LogP contribution < -0.4 is 4.90 Å². The fraction of sp³-hybridized carbons (Fsp3) is 0.500. The van der Waals surface area contributed by atoms with Gasteiger partial charge in [0.25, 0.3) is 6.01 Å². The van der Waals surface area contributed by atoms with Gasteiger partial charge in [-0.25, -0.2) is 0 Å². The van der Waals surface area contributed by atoms with Gasteiger partial charge in [0, 0.05) is 13.6 Å². The number of aromatic nitrogens is 1. The summed E-state index contributed by atoms with van der Waals surface area (Å²) in [6.07, 6.45) is 1.70. The van der Waals surface area contributed by atoms with E-state index in [0.29, 0.717) is 12.6 Å². The van der Waals surface area contributed by atoms with Gasteiger partial charge < -0.3 is 13.7 Å². The first-order chi connectivity index (χ1) is 10.7. The number of hydrogen-bond donors (Lipinski definition) is 0. The minimum Gasteiger partial charge on any atom is -0.432 e. The van der Waals surface area contributed by atoms with Crippen molar-refractivity contribution in [3.63, 3.8) is 0 Å². The molecule has 0 aliphatic heterocycles. The van der Waals surface area contributed by atoms with Gasteiger partial charge in [0.2, 0.25) is 0 Å². The Kier molecular flexibility index (Phi) is 5.32. The molecule has 1 aromatic heterocycles. The Morgan fingerprint density at radius 3 is 2.43 bits per heavy atom. The van der Waals surface area contributed by atoms with Gasteiger partial charge >= 0.3 is 0 Å². The minimum atomic E-state index is -1.76. The molecule has 4 nitrogen and oxygen atoms in total. The molecule has 0 unspecified atom stereocenters. The molecule has 0 N–H and O–H groups in total. The van der Waals surface area contributed by atoms with E-state index in [2.05, 4.69) is 51.0 Å². The monoisotopic (exact) mass is 332 g/mol. The molecular weight excluding hydrogens is 304 g/mol. The Morgan fingerprint density at radius 1 is 1.17 bits per heavy atom. The Bertz CT molecular complexity index is 617. The molecule has 0 atom stereocenters. The predicted octanol–water partition coefficient (Wildman–Crippen LogP) is 4.83. The molecule has 0 saturated heterocycles. The molecule has 23 heavy (non-hydrogen) atoms. The van der Waals surface area contributed by atoms with E-state index < -0.39 is 8.32 Å². The summed E-state index contributed by atoms with van der Waals surface area (Å²) in [5, 5.41) is 0.198. The van der Waals surface area contributed by atoms with E-state index in [0.717, 1.165) is 12.2 Å². The Labute approximate surface area is 140 Å². The molecule has 0 radical (unpaired) electrons. The van der Waals surface area contributed by atoms with Crippen molar-refractivity contribution in [2.45, 2.75) is 52.1 Å². The molecular formula is C18H28N2O2Si. The van der Waals surface area contributed by atoms with Crippen molar-refractivity contribution in [2.75, 3.05) is 11.9 Å². The lowest BCUT2D eigenvalue weighted by Gasteiger charge is -2.35. The zero-order chi connectivity index (χ0) is 17.1. The third-order valence-electron chi connectivity index (χ3n) is 4.52. The molecule has 126 valence electrons. The summed E-state index contributed by atoms with van der Waals surface area (Å²) in [4.78, 5) is 6.55. The third-order valence-corrected chi connectivity index (χ3v) is 8.99. The molecule has 2 rings (SSSR count). The van der Waals surface area contributed by atoms with E-state index in [1.165, 1.54) is 5.56 Å². The van der Waals surface area contributed by atoms with Gasteiger partial charge in [-0.3, -0.25) is 0 Å². The van der Waals surface area contributed by atoms with Gasteiger partial charge in [-0.2, -0.15) is 4.98 Å². The largest absolute Gasteiger partial charge is 0.432 e. The van der Waals surface area contributed by atoms with Crippen molar-refractivity contribution in [3.8, 4) is 0 Å². The standard InChI is InChI=1S/C18H28N2O2Si/c1-18(2,3)23(5,6)22-14-16-13-21-17(19-16)20(4)12-15-10-8-7-9-11-15/h7-11,13H,12,14H2,1-6H3. The molecule has 0 aliphatic carbocycles. The number of anilines is 1. The second kappa shape index (κ2) is 6.89. The van der Waals surface area contributed by atoms with E-state index in [9.17, 15) is 0 Å². The second-order valence-corrected chi connectivity index (χ2v) is 12.3. The highest BCUT2D eigenvalue weighted by atomic mass is 28.4. The van der Waals surface area contributed by atoms with Crippen molar-refractivity contribution in [2.24, 2.45) is 0 Å². The van der Waals surface area contributed by atoms with Gasteiger partial charge in [0.1, 0.15) is 12.0 Å². The van der Waals surface area contributed by atoms with E-state index >= 15 is 0 Å². The van der Waals surface area contributed by atoms with Crippen LogP contribution in [0.5, 0.6) is 0 Å². The maximum absolute atomic E-state index is 6.19. The first-order valence-corrected chi connectivity index (χ1v) is 10.9. The highest BCUT2D eigenvalue weighted by Crippen LogP contribution is 2.37. The normalized spacial score (nSPS) is 12.4. The zero-order valence-electron chi connectivity index (χ0n) is 15.1. The second-order valence-electron chi connectivity index (χ2n) is 7.51. The molecule has 0 fully saturated rings. The lowest BCUT2D eigenvalue weighted by molar-refractivity contribution is 0.272. The van der Waals surface area contributed by atoms with Crippen molar-refractivity contribution >= 4 is 14.3 Å². The maximum Gasteiger partial charge on any atom is 0.297 e. The first-order valence-electron chi connectivity index (χ1n) is 8.02. The summed E-state index contributed by atoms with van der Waals surface area (Å²) >= 11 is 0. The third kappa shape index (κ3) is 4.69. The summed E-state index contributed by atoms with van der Waals surface area (Å²) in [6, 6.07) is 10.9. The van der Waals surface area contributed by atoms with Gasteiger partial charge in [-0.15, -0.1) is 0 Å². The Balaban J connectivity index is 1.95. The molecule has 0 spiro atoms. The lowest BCUT2D eigenvalue weighted by atomic mass is 10.2. The van der Waals surface area contributed by atoms with E-state index in [1.807, 2.05) is 30.1 Å². The highest BCUT2D eigenvalue weighted by Gasteiger charge is 2.37. The van der Waals surface area contributed by atoms with Crippen LogP contribution in [0.3, 0.4) is 0 Å². The van der Waals surface area contributed by atoms with Crippen LogP contribution in [0.2, 0.25) is 18.1 Å². The smallest absolute Gasteiger partial charge is 0.297 e. The molecule has 2 aromatic rings. The number of oxazole rings is 1. The molecule has 0 aliphatic rings. The van der Waals surface area contributed by atoms with E-state index in [1.54, 1.807) is 6.26 Å². The first kappa shape index (κ1) is 17.8. The Hall–Kier alpha value is -1.59. The molecule has 5 heteroatoms. The summed E-state index contributed by atoms with van der Waals surface area (Å²) in [5.74, 6) is 0. The van der Waals surface area contributed by atoms with Crippen molar-refractivity contribution in [3.05, 3.63) is 47.9 Å². The van der Waals surface area contributed by atoms with E-state index in [4.69, 9.17) is 8.84 Å². The van der Waals surface area contributed by atoms with Gasteiger partial charge in [0.05, 0.1) is 6.61 Å². The van der Waals surface area contributed by atoms with Gasteiger partial charge in [-0.1, -0.05) is 51.1 Å². The predicted molar refractivity (Wildman–Crippen MR) is 97.0 cm³/mol. The van der Waals surface area contributed by atoms with Crippen LogP contribution in [0.25, 0.3) is 0 Å². The van der Waals surface area contributed by atoms with Crippen LogP contribution >= 0.6 is 0 Å².